The van der Waals surface area contributed by atoms with Gasteiger partial charge in [-0.2, -0.15) is 5.10 Å². The third-order valence-corrected chi connectivity index (χ3v) is 8.99. The van der Waals surface area contributed by atoms with Gasteiger partial charge >= 0.3 is 0 Å². The van der Waals surface area contributed by atoms with Crippen LogP contribution in [0, 0.1) is 0 Å². The fourth-order valence-corrected chi connectivity index (χ4v) is 6.61. The molecule has 0 atom stereocenters. The highest BCUT2D eigenvalue weighted by atomic mass is 32.1. The van der Waals surface area contributed by atoms with Crippen LogP contribution in [0.3, 0.4) is 0 Å². The van der Waals surface area contributed by atoms with Gasteiger partial charge in [0.25, 0.3) is 5.91 Å². The van der Waals surface area contributed by atoms with Crippen LogP contribution in [-0.4, -0.2) is 106 Å². The Morgan fingerprint density at radius 1 is 0.951 bits per heavy atom. The molecule has 212 valence electrons. The fourth-order valence-electron chi connectivity index (χ4n) is 5.79. The lowest BCUT2D eigenvalue weighted by Gasteiger charge is -2.36. The second kappa shape index (κ2) is 11.7. The van der Waals surface area contributed by atoms with E-state index < -0.39 is 0 Å². The Bertz CT molecular complexity index is 1640. The Labute approximate surface area is 242 Å². The predicted octanol–water partition coefficient (Wildman–Crippen LogP) is 3.87. The van der Waals surface area contributed by atoms with Crippen molar-refractivity contribution in [2.75, 3.05) is 70.9 Å². The molecule has 5 aromatic rings. The lowest BCUT2D eigenvalue weighted by molar-refractivity contribution is 0.0296. The number of carbonyl (C=O) groups is 1. The van der Waals surface area contributed by atoms with E-state index in [2.05, 4.69) is 59.5 Å². The van der Waals surface area contributed by atoms with E-state index in [1.165, 1.54) is 0 Å². The van der Waals surface area contributed by atoms with Crippen LogP contribution in [0.2, 0.25) is 0 Å². The first kappa shape index (κ1) is 26.3. The number of anilines is 1. The lowest BCUT2D eigenvalue weighted by Crippen LogP contribution is -2.49. The summed E-state index contributed by atoms with van der Waals surface area (Å²) in [7, 11) is 0. The largest absolute Gasteiger partial charge is 0.379 e. The van der Waals surface area contributed by atoms with Gasteiger partial charge in [0.05, 0.1) is 37.2 Å². The minimum Gasteiger partial charge on any atom is -0.379 e. The van der Waals surface area contributed by atoms with Crippen LogP contribution >= 0.6 is 11.3 Å². The molecule has 3 aromatic heterocycles. The Kier molecular flexibility index (Phi) is 7.51. The summed E-state index contributed by atoms with van der Waals surface area (Å²) in [5, 5.41) is 15.2. The number of hydrogen-bond donors (Lipinski definition) is 3. The van der Waals surface area contributed by atoms with Gasteiger partial charge < -0.3 is 15.0 Å². The maximum absolute atomic E-state index is 13.3. The molecule has 0 bridgehead atoms. The molecule has 41 heavy (non-hydrogen) atoms. The predicted molar refractivity (Wildman–Crippen MR) is 162 cm³/mol. The van der Waals surface area contributed by atoms with Crippen LogP contribution in [0.15, 0.2) is 54.2 Å². The summed E-state index contributed by atoms with van der Waals surface area (Å²) >= 11 is 1.55. The summed E-state index contributed by atoms with van der Waals surface area (Å²) in [5.41, 5.74) is 5.20. The summed E-state index contributed by atoms with van der Waals surface area (Å²) in [6, 6.07) is 12.3. The molecule has 2 aromatic carbocycles. The number of nitrogens with zero attached hydrogens (tertiary/aromatic N) is 5. The first-order valence-electron chi connectivity index (χ1n) is 14.2. The van der Waals surface area contributed by atoms with E-state index in [-0.39, 0.29) is 5.91 Å². The average Bonchev–Trinajstić information content (AvgIpc) is 3.78. The first-order chi connectivity index (χ1) is 20.2. The van der Waals surface area contributed by atoms with Crippen LogP contribution in [0.25, 0.3) is 32.9 Å². The van der Waals surface area contributed by atoms with Crippen molar-refractivity contribution in [1.82, 2.24) is 34.9 Å². The van der Waals surface area contributed by atoms with E-state index in [9.17, 15) is 4.79 Å². The van der Waals surface area contributed by atoms with Crippen molar-refractivity contribution in [3.05, 3.63) is 64.9 Å². The standard InChI is InChI=1S/C30H34N8O2S/c39-30(28-20-41-29(33-28)19-38-10-8-36(9-11-38)6-7-37-12-14-40-15-13-37)34-26-16-21(17-27-24(26)18-32-35-27)22-2-1-3-25-23(22)4-5-31-25/h1-5,16-18,20,31H,6-15,19H2,(H,32,35)(H,34,39). The van der Waals surface area contributed by atoms with E-state index in [1.807, 2.05) is 23.7 Å². The van der Waals surface area contributed by atoms with Crippen LogP contribution in [0.5, 0.6) is 0 Å². The minimum atomic E-state index is -0.208. The average molecular weight is 571 g/mol. The molecule has 1 amide bonds. The van der Waals surface area contributed by atoms with Gasteiger partial charge in [-0.3, -0.25) is 24.6 Å². The number of piperazine rings is 1. The van der Waals surface area contributed by atoms with Crippen LogP contribution in [0.4, 0.5) is 5.69 Å². The number of amides is 1. The Morgan fingerprint density at radius 2 is 1.76 bits per heavy atom. The van der Waals surface area contributed by atoms with Gasteiger partial charge in [0.1, 0.15) is 10.7 Å². The van der Waals surface area contributed by atoms with Crippen molar-refractivity contribution in [2.45, 2.75) is 6.54 Å². The molecule has 2 aliphatic heterocycles. The number of nitrogens with one attached hydrogen (secondary N) is 3. The zero-order valence-electron chi connectivity index (χ0n) is 22.9. The smallest absolute Gasteiger partial charge is 0.275 e. The van der Waals surface area contributed by atoms with Gasteiger partial charge in [-0.15, -0.1) is 11.3 Å². The zero-order valence-corrected chi connectivity index (χ0v) is 23.8. The van der Waals surface area contributed by atoms with E-state index in [0.29, 0.717) is 11.4 Å². The molecule has 10 nitrogen and oxygen atoms in total. The summed E-state index contributed by atoms with van der Waals surface area (Å²) in [5.74, 6) is -0.208. The minimum absolute atomic E-state index is 0.208. The lowest BCUT2D eigenvalue weighted by atomic mass is 9.99. The molecule has 2 fully saturated rings. The number of rotatable bonds is 8. The second-order valence-electron chi connectivity index (χ2n) is 10.8. The highest BCUT2D eigenvalue weighted by Gasteiger charge is 2.21. The molecule has 2 aliphatic rings. The summed E-state index contributed by atoms with van der Waals surface area (Å²) in [6.07, 6.45) is 3.69. The molecule has 2 saturated heterocycles. The van der Waals surface area contributed by atoms with Crippen molar-refractivity contribution in [3.8, 4) is 11.1 Å². The van der Waals surface area contributed by atoms with Gasteiger partial charge in [-0.05, 0) is 35.4 Å². The topological polar surface area (TPSA) is 105 Å². The van der Waals surface area contributed by atoms with Crippen molar-refractivity contribution >= 4 is 44.7 Å². The third kappa shape index (κ3) is 5.77. The molecular formula is C30H34N8O2S. The molecule has 3 N–H and O–H groups in total. The maximum atomic E-state index is 13.3. The number of aromatic nitrogens is 4. The van der Waals surface area contributed by atoms with E-state index in [4.69, 9.17) is 9.72 Å². The highest BCUT2D eigenvalue weighted by Crippen LogP contribution is 2.34. The van der Waals surface area contributed by atoms with Crippen LogP contribution < -0.4 is 5.32 Å². The first-order valence-corrected chi connectivity index (χ1v) is 15.1. The Hall–Kier alpha value is -3.61. The van der Waals surface area contributed by atoms with Gasteiger partial charge in [0.15, 0.2) is 0 Å². The quantitative estimate of drug-likeness (QED) is 0.260. The number of H-pyrrole nitrogens is 2. The number of fused-ring (bicyclic) bond motifs is 2. The molecule has 0 saturated carbocycles. The van der Waals surface area contributed by atoms with Crippen molar-refractivity contribution in [1.29, 1.82) is 0 Å². The Morgan fingerprint density at radius 3 is 2.61 bits per heavy atom. The summed E-state index contributed by atoms with van der Waals surface area (Å²) < 4.78 is 5.46. The van der Waals surface area contributed by atoms with Crippen LogP contribution in [0.1, 0.15) is 15.5 Å². The van der Waals surface area contributed by atoms with E-state index >= 15 is 0 Å². The summed E-state index contributed by atoms with van der Waals surface area (Å²) in [6.45, 7) is 11.0. The number of benzene rings is 2. The molecule has 11 heteroatoms. The zero-order chi connectivity index (χ0) is 27.6. The number of ether oxygens (including phenoxy) is 1. The van der Waals surface area contributed by atoms with Gasteiger partial charge in [-0.25, -0.2) is 4.98 Å². The van der Waals surface area contributed by atoms with Gasteiger partial charge in [-0.1, -0.05) is 12.1 Å². The SMILES string of the molecule is O=C(Nc1cc(-c2cccc3[nH]ccc23)cc2[nH]ncc12)c1csc(CN2CCN(CCN3CCOCC3)CC2)n1. The van der Waals surface area contributed by atoms with Crippen LogP contribution in [-0.2, 0) is 11.3 Å². The number of morpholine rings is 1. The normalized spacial score (nSPS) is 17.5. The maximum Gasteiger partial charge on any atom is 0.275 e. The van der Waals surface area contributed by atoms with Gasteiger partial charge in [0, 0.05) is 80.2 Å². The monoisotopic (exact) mass is 570 g/mol. The highest BCUT2D eigenvalue weighted by molar-refractivity contribution is 7.09. The molecular weight excluding hydrogens is 536 g/mol. The summed E-state index contributed by atoms with van der Waals surface area (Å²) in [4.78, 5) is 28.8. The molecule has 0 radical (unpaired) electrons. The van der Waals surface area contributed by atoms with Crippen molar-refractivity contribution in [3.63, 3.8) is 0 Å². The van der Waals surface area contributed by atoms with E-state index in [1.54, 1.807) is 17.5 Å². The van der Waals surface area contributed by atoms with E-state index in [0.717, 1.165) is 110 Å². The molecule has 0 spiro atoms. The number of thiazole rings is 1. The third-order valence-electron chi connectivity index (χ3n) is 8.16. The van der Waals surface area contributed by atoms with Crippen molar-refractivity contribution < 1.29 is 9.53 Å². The Balaban J connectivity index is 0.989. The molecule has 0 aliphatic carbocycles. The van der Waals surface area contributed by atoms with Gasteiger partial charge in [0.2, 0.25) is 0 Å². The fraction of sp³-hybridized carbons (Fsp3) is 0.367. The molecule has 7 rings (SSSR count). The van der Waals surface area contributed by atoms with Crippen molar-refractivity contribution in [2.24, 2.45) is 0 Å². The molecule has 0 unspecified atom stereocenters. The number of hydrogen-bond acceptors (Lipinski definition) is 8. The number of aromatic amines is 2. The molecule has 5 heterocycles. The number of carbonyl (C=O) groups excluding carboxylic acids is 1. The second-order valence-corrected chi connectivity index (χ2v) is 11.7.